The quantitative estimate of drug-likeness (QED) is 0.264. The Bertz CT molecular complexity index is 1040. The second kappa shape index (κ2) is 8.08. The first-order valence-electron chi connectivity index (χ1n) is 9.14. The molecule has 1 aliphatic carbocycles. The highest BCUT2D eigenvalue weighted by molar-refractivity contribution is 5.79. The Morgan fingerprint density at radius 1 is 1.00 bits per heavy atom. The van der Waals surface area contributed by atoms with E-state index in [2.05, 4.69) is 15.3 Å². The van der Waals surface area contributed by atoms with Gasteiger partial charge in [-0.15, -0.1) is 4.73 Å². The van der Waals surface area contributed by atoms with Gasteiger partial charge in [-0.2, -0.15) is 0 Å². The third-order valence-electron chi connectivity index (χ3n) is 4.71. The number of aromatic nitrogens is 1. The molecule has 4 rings (SSSR count). The van der Waals surface area contributed by atoms with E-state index in [-0.39, 0.29) is 24.3 Å². The highest BCUT2D eigenvalue weighted by Gasteiger charge is 2.29. The van der Waals surface area contributed by atoms with Crippen molar-refractivity contribution in [1.29, 1.82) is 0 Å². The van der Waals surface area contributed by atoms with E-state index in [0.717, 1.165) is 22.3 Å². The molecule has 1 aliphatic rings. The van der Waals surface area contributed by atoms with Crippen LogP contribution in [0.1, 0.15) is 17.0 Å². The molecule has 0 atom stereocenters. The number of aromatic hydroxyl groups is 2. The average molecular weight is 409 g/mol. The van der Waals surface area contributed by atoms with Crippen molar-refractivity contribution in [2.24, 2.45) is 5.16 Å². The molecule has 3 N–H and O–H groups in total. The van der Waals surface area contributed by atoms with E-state index in [1.807, 2.05) is 48.5 Å². The Labute approximate surface area is 171 Å². The molecule has 0 bridgehead atoms. The van der Waals surface area contributed by atoms with Gasteiger partial charge in [-0.1, -0.05) is 48.5 Å². The monoisotopic (exact) mass is 409 g/mol. The molecule has 1 heterocycles. The van der Waals surface area contributed by atoms with E-state index in [9.17, 15) is 15.0 Å². The van der Waals surface area contributed by atoms with Gasteiger partial charge in [0.05, 0.1) is 0 Å². The minimum absolute atomic E-state index is 0.113. The van der Waals surface area contributed by atoms with E-state index in [4.69, 9.17) is 9.57 Å². The Kier molecular flexibility index (Phi) is 5.17. The number of benzene rings is 2. The highest BCUT2D eigenvalue weighted by atomic mass is 16.8. The van der Waals surface area contributed by atoms with Crippen LogP contribution in [0, 0.1) is 0 Å². The molecule has 0 aliphatic heterocycles. The fraction of sp³-hybridized carbons (Fsp3) is 0.143. The van der Waals surface area contributed by atoms with Gasteiger partial charge in [-0.25, -0.2) is 4.79 Å². The van der Waals surface area contributed by atoms with Crippen LogP contribution in [0.5, 0.6) is 11.8 Å². The molecule has 0 fully saturated rings. The maximum atomic E-state index is 11.4. The topological polar surface area (TPSA) is 115 Å². The van der Waals surface area contributed by atoms with Crippen LogP contribution in [0.15, 0.2) is 65.8 Å². The first-order chi connectivity index (χ1) is 14.6. The summed E-state index contributed by atoms with van der Waals surface area (Å²) in [5.74, 6) is -0.890. The zero-order chi connectivity index (χ0) is 21.1. The van der Waals surface area contributed by atoms with Crippen LogP contribution in [0.3, 0.4) is 0 Å². The SMILES string of the molecule is CNC(=O)ON=C(OCC1c2ccccc2-c2ccccc21)On1c(O)ccc1O. The lowest BCUT2D eigenvalue weighted by Crippen LogP contribution is -2.26. The maximum absolute atomic E-state index is 11.4. The zero-order valence-electron chi connectivity index (χ0n) is 16.0. The third kappa shape index (κ3) is 3.60. The first-order valence-corrected chi connectivity index (χ1v) is 9.14. The van der Waals surface area contributed by atoms with Crippen molar-refractivity contribution in [2.75, 3.05) is 13.7 Å². The van der Waals surface area contributed by atoms with Gasteiger partial charge in [0.25, 0.3) is 0 Å². The van der Waals surface area contributed by atoms with Crippen LogP contribution < -0.4 is 10.2 Å². The number of ether oxygens (including phenoxy) is 1. The zero-order valence-corrected chi connectivity index (χ0v) is 16.0. The molecule has 2 aromatic carbocycles. The van der Waals surface area contributed by atoms with Crippen LogP contribution in [-0.2, 0) is 9.57 Å². The molecule has 9 nitrogen and oxygen atoms in total. The molecular formula is C21H19N3O6. The lowest BCUT2D eigenvalue weighted by molar-refractivity contribution is 0.0907. The van der Waals surface area contributed by atoms with E-state index in [0.29, 0.717) is 4.73 Å². The largest absolute Gasteiger partial charge is 0.492 e. The van der Waals surface area contributed by atoms with Crippen molar-refractivity contribution >= 4 is 12.2 Å². The summed E-state index contributed by atoms with van der Waals surface area (Å²) >= 11 is 0. The van der Waals surface area contributed by atoms with Crippen molar-refractivity contribution in [3.8, 4) is 22.9 Å². The summed E-state index contributed by atoms with van der Waals surface area (Å²) in [4.78, 5) is 21.3. The van der Waals surface area contributed by atoms with Gasteiger partial charge in [0.15, 0.2) is 0 Å². The summed E-state index contributed by atoms with van der Waals surface area (Å²) in [6.45, 7) is 0.118. The predicted molar refractivity (Wildman–Crippen MR) is 107 cm³/mol. The maximum Gasteiger partial charge on any atom is 0.448 e. The van der Waals surface area contributed by atoms with Gasteiger partial charge in [-0.3, -0.25) is 4.84 Å². The molecular weight excluding hydrogens is 390 g/mol. The number of nitrogens with zero attached hydrogens (tertiary/aromatic N) is 2. The number of oxime groups is 1. The number of hydrogen-bond acceptors (Lipinski definition) is 7. The smallest absolute Gasteiger partial charge is 0.448 e. The summed E-state index contributed by atoms with van der Waals surface area (Å²) in [6, 6.07) is 18.4. The Morgan fingerprint density at radius 2 is 1.57 bits per heavy atom. The summed E-state index contributed by atoms with van der Waals surface area (Å²) in [5, 5.41) is 25.4. The van der Waals surface area contributed by atoms with Crippen LogP contribution in [0.2, 0.25) is 0 Å². The lowest BCUT2D eigenvalue weighted by Gasteiger charge is -2.16. The summed E-state index contributed by atoms with van der Waals surface area (Å²) in [5.41, 5.74) is 4.39. The number of amides is 1. The van der Waals surface area contributed by atoms with Gasteiger partial charge in [0.1, 0.15) is 6.61 Å². The number of carbonyl (C=O) groups excluding carboxylic acids is 1. The molecule has 0 spiro atoms. The summed E-state index contributed by atoms with van der Waals surface area (Å²) in [7, 11) is 1.37. The van der Waals surface area contributed by atoms with E-state index in [1.54, 1.807) is 0 Å². The minimum Gasteiger partial charge on any atom is -0.492 e. The van der Waals surface area contributed by atoms with Crippen LogP contribution >= 0.6 is 0 Å². The number of fused-ring (bicyclic) bond motifs is 3. The van der Waals surface area contributed by atoms with Crippen molar-refractivity contribution in [1.82, 2.24) is 10.0 Å². The average Bonchev–Trinajstić information content (AvgIpc) is 3.27. The highest BCUT2D eigenvalue weighted by Crippen LogP contribution is 2.44. The second-order valence-corrected chi connectivity index (χ2v) is 6.46. The molecule has 1 aromatic heterocycles. The van der Waals surface area contributed by atoms with Crippen molar-refractivity contribution in [2.45, 2.75) is 5.92 Å². The second-order valence-electron chi connectivity index (χ2n) is 6.46. The number of hydrogen-bond donors (Lipinski definition) is 3. The van der Waals surface area contributed by atoms with Gasteiger partial charge >= 0.3 is 12.2 Å². The first kappa shape index (κ1) is 19.2. The molecule has 30 heavy (non-hydrogen) atoms. The molecule has 0 unspecified atom stereocenters. The third-order valence-corrected chi connectivity index (χ3v) is 4.71. The van der Waals surface area contributed by atoms with Crippen LogP contribution in [0.25, 0.3) is 11.1 Å². The lowest BCUT2D eigenvalue weighted by atomic mass is 9.98. The van der Waals surface area contributed by atoms with E-state index >= 15 is 0 Å². The minimum atomic E-state index is -0.836. The Balaban J connectivity index is 1.59. The standard InChI is InChI=1S/C21H19N3O6/c1-22-20(27)29-23-21(30-24-18(25)10-11-19(24)26)28-12-17-15-8-4-2-6-13(15)14-7-3-5-9-16(14)17/h2-11,17,25-26H,12H2,1H3,(H,22,27). The van der Waals surface area contributed by atoms with Crippen molar-refractivity contribution in [3.63, 3.8) is 0 Å². The fourth-order valence-electron chi connectivity index (χ4n) is 3.36. The molecule has 9 heteroatoms. The molecule has 0 radical (unpaired) electrons. The summed E-state index contributed by atoms with van der Waals surface area (Å²) < 4.78 is 6.38. The van der Waals surface area contributed by atoms with Gasteiger partial charge in [0, 0.05) is 30.3 Å². The molecule has 3 aromatic rings. The number of nitrogens with one attached hydrogen (secondary N) is 1. The molecule has 1 amide bonds. The number of rotatable bonds is 4. The molecule has 154 valence electrons. The Hall–Kier alpha value is -4.14. The van der Waals surface area contributed by atoms with Gasteiger partial charge < -0.3 is 25.1 Å². The van der Waals surface area contributed by atoms with Crippen molar-refractivity contribution < 1.29 is 29.4 Å². The van der Waals surface area contributed by atoms with Crippen molar-refractivity contribution in [3.05, 3.63) is 71.8 Å². The van der Waals surface area contributed by atoms with Gasteiger partial charge in [0.2, 0.25) is 11.8 Å². The molecule has 0 saturated heterocycles. The predicted octanol–water partition coefficient (Wildman–Crippen LogP) is 2.78. The Morgan fingerprint density at radius 3 is 2.13 bits per heavy atom. The van der Waals surface area contributed by atoms with E-state index < -0.39 is 12.2 Å². The molecule has 0 saturated carbocycles. The number of carbonyl (C=O) groups is 1. The van der Waals surface area contributed by atoms with Crippen LogP contribution in [0.4, 0.5) is 4.79 Å². The van der Waals surface area contributed by atoms with Gasteiger partial charge in [-0.05, 0) is 22.3 Å². The normalized spacial score (nSPS) is 12.8. The van der Waals surface area contributed by atoms with Crippen LogP contribution in [-0.4, -0.2) is 40.8 Å². The summed E-state index contributed by atoms with van der Waals surface area (Å²) in [6.07, 6.45) is -1.31. The fourth-order valence-corrected chi connectivity index (χ4v) is 3.36. The van der Waals surface area contributed by atoms with E-state index in [1.165, 1.54) is 19.2 Å².